The van der Waals surface area contributed by atoms with Crippen molar-refractivity contribution < 1.29 is 19.4 Å². The Bertz CT molecular complexity index is 133. The minimum absolute atomic E-state index is 0.361. The molecule has 4 nitrogen and oxygen atoms in total. The Balaban J connectivity index is 3.58. The highest BCUT2D eigenvalue weighted by Gasteiger charge is 2.13. The van der Waals surface area contributed by atoms with Gasteiger partial charge in [0.2, 0.25) is 0 Å². The summed E-state index contributed by atoms with van der Waals surface area (Å²) >= 11 is 4.12. The minimum Gasteiger partial charge on any atom is -0.368 e. The number of hydrogen-bond donors (Lipinski definition) is 3. The van der Waals surface area contributed by atoms with Crippen LogP contribution in [-0.2, 0) is 16.3 Å². The lowest BCUT2D eigenvalue weighted by molar-refractivity contribution is -0.0314. The Morgan fingerprint density at radius 1 is 1.60 bits per heavy atom. The highest BCUT2D eigenvalue weighted by atomic mass is 32.5. The van der Waals surface area contributed by atoms with Gasteiger partial charge in [0, 0.05) is 0 Å². The summed E-state index contributed by atoms with van der Waals surface area (Å²) in [5, 5.41) is 8.80. The average Bonchev–Trinajstić information content (AvgIpc) is 1.59. The summed E-state index contributed by atoms with van der Waals surface area (Å²) in [6, 6.07) is 0. The Morgan fingerprint density at radius 2 is 2.10 bits per heavy atom. The quantitative estimate of drug-likeness (QED) is 0.436. The molecule has 0 amide bonds. The summed E-state index contributed by atoms with van der Waals surface area (Å²) in [4.78, 5) is 17.0. The van der Waals surface area contributed by atoms with Crippen molar-refractivity contribution >= 4 is 18.5 Å². The lowest BCUT2D eigenvalue weighted by Crippen LogP contribution is -2.08. The van der Waals surface area contributed by atoms with Gasteiger partial charge in [0.25, 0.3) is 0 Å². The molecule has 0 bridgehead atoms. The number of aliphatic hydroxyl groups excluding tert-OH is 1. The zero-order valence-corrected chi connectivity index (χ0v) is 7.31. The lowest BCUT2D eigenvalue weighted by Gasteiger charge is -2.13. The molecular weight excluding hydrogens is 175 g/mol. The third-order valence-corrected chi connectivity index (χ3v) is 1.57. The van der Waals surface area contributed by atoms with Crippen LogP contribution in [0.4, 0.5) is 0 Å². The van der Waals surface area contributed by atoms with Gasteiger partial charge in [0.1, 0.15) is 0 Å². The minimum atomic E-state index is -3.67. The Hall–Kier alpha value is 0.490. The largest absolute Gasteiger partial charge is 0.368 e. The van der Waals surface area contributed by atoms with E-state index in [0.29, 0.717) is 12.8 Å². The molecule has 1 unspecified atom stereocenters. The van der Waals surface area contributed by atoms with Crippen LogP contribution < -0.4 is 0 Å². The summed E-state index contributed by atoms with van der Waals surface area (Å²) in [6.45, 7) is -1.83. The molecular formula is C4H11O4PS. The Labute approximate surface area is 64.7 Å². The van der Waals surface area contributed by atoms with Crippen LogP contribution in [0.15, 0.2) is 0 Å². The first kappa shape index (κ1) is 10.5. The van der Waals surface area contributed by atoms with E-state index in [1.54, 1.807) is 0 Å². The third kappa shape index (κ3) is 6.61. The molecule has 10 heavy (non-hydrogen) atoms. The van der Waals surface area contributed by atoms with E-state index in [1.165, 1.54) is 0 Å². The van der Waals surface area contributed by atoms with E-state index in [2.05, 4.69) is 16.3 Å². The van der Waals surface area contributed by atoms with E-state index in [-0.39, 0.29) is 0 Å². The summed E-state index contributed by atoms with van der Waals surface area (Å²) in [7, 11) is 0. The first-order valence-electron chi connectivity index (χ1n) is 2.87. The predicted molar refractivity (Wildman–Crippen MR) is 40.7 cm³/mol. The van der Waals surface area contributed by atoms with Crippen LogP contribution in [0.1, 0.15) is 19.8 Å². The average molecular weight is 186 g/mol. The summed E-state index contributed by atoms with van der Waals surface area (Å²) < 4.78 is 4.27. The molecule has 1 atom stereocenters. The van der Waals surface area contributed by atoms with E-state index in [1.807, 2.05) is 6.92 Å². The van der Waals surface area contributed by atoms with Gasteiger partial charge in [-0.25, -0.2) is 0 Å². The molecule has 0 aromatic heterocycles. The standard InChI is InChI=1S/C4H11O4PS/c1-2-3-4(5)8-9(6,7)10/h4-5H,2-3H2,1H3,(H2,6,7,10). The van der Waals surface area contributed by atoms with Gasteiger partial charge < -0.3 is 14.9 Å². The van der Waals surface area contributed by atoms with Gasteiger partial charge in [0.05, 0.1) is 0 Å². The van der Waals surface area contributed by atoms with E-state index in [4.69, 9.17) is 14.9 Å². The van der Waals surface area contributed by atoms with Crippen molar-refractivity contribution in [2.24, 2.45) is 0 Å². The van der Waals surface area contributed by atoms with Crippen LogP contribution in [0.2, 0.25) is 0 Å². The fraction of sp³-hybridized carbons (Fsp3) is 1.00. The molecule has 0 radical (unpaired) electrons. The maximum absolute atomic E-state index is 8.80. The van der Waals surface area contributed by atoms with Gasteiger partial charge in [-0.3, -0.25) is 4.52 Å². The van der Waals surface area contributed by atoms with Crippen LogP contribution in [0.25, 0.3) is 0 Å². The van der Waals surface area contributed by atoms with Crippen LogP contribution in [-0.4, -0.2) is 21.2 Å². The topological polar surface area (TPSA) is 69.9 Å². The highest BCUT2D eigenvalue weighted by molar-refractivity contribution is 8.06. The molecule has 0 fully saturated rings. The molecule has 0 aliphatic heterocycles. The lowest BCUT2D eigenvalue weighted by atomic mass is 10.3. The fourth-order valence-electron chi connectivity index (χ4n) is 0.458. The molecule has 0 saturated carbocycles. The first-order chi connectivity index (χ1) is 4.45. The van der Waals surface area contributed by atoms with Crippen molar-refractivity contribution in [3.63, 3.8) is 0 Å². The number of aliphatic hydroxyl groups is 1. The normalized spacial score (nSPS) is 15.2. The van der Waals surface area contributed by atoms with E-state index in [0.717, 1.165) is 0 Å². The summed E-state index contributed by atoms with van der Waals surface area (Å²) in [5.41, 5.74) is 0. The van der Waals surface area contributed by atoms with Crippen LogP contribution >= 0.6 is 6.72 Å². The molecule has 0 aliphatic rings. The van der Waals surface area contributed by atoms with Crippen molar-refractivity contribution in [2.75, 3.05) is 0 Å². The summed E-state index contributed by atoms with van der Waals surface area (Å²) in [5.74, 6) is 0. The molecule has 0 aliphatic carbocycles. The molecule has 3 N–H and O–H groups in total. The molecule has 0 saturated heterocycles. The second-order valence-electron chi connectivity index (χ2n) is 1.84. The van der Waals surface area contributed by atoms with E-state index in [9.17, 15) is 0 Å². The monoisotopic (exact) mass is 186 g/mol. The fourth-order valence-corrected chi connectivity index (χ4v) is 1.18. The van der Waals surface area contributed by atoms with Crippen LogP contribution in [0.5, 0.6) is 0 Å². The zero-order valence-electron chi connectivity index (χ0n) is 5.60. The first-order valence-corrected chi connectivity index (χ1v) is 5.50. The molecule has 62 valence electrons. The maximum atomic E-state index is 8.80. The molecule has 0 rings (SSSR count). The molecule has 6 heteroatoms. The molecule has 0 spiro atoms. The maximum Gasteiger partial charge on any atom is 0.324 e. The Kier molecular flexibility index (Phi) is 4.60. The van der Waals surface area contributed by atoms with Crippen LogP contribution in [0.3, 0.4) is 0 Å². The number of hydrogen-bond acceptors (Lipinski definition) is 3. The third-order valence-electron chi connectivity index (χ3n) is 0.795. The van der Waals surface area contributed by atoms with Crippen molar-refractivity contribution in [3.8, 4) is 0 Å². The van der Waals surface area contributed by atoms with Crippen molar-refractivity contribution in [1.82, 2.24) is 0 Å². The van der Waals surface area contributed by atoms with Crippen LogP contribution in [0, 0.1) is 0 Å². The van der Waals surface area contributed by atoms with Crippen molar-refractivity contribution in [2.45, 2.75) is 26.1 Å². The van der Waals surface area contributed by atoms with Gasteiger partial charge in [-0.1, -0.05) is 13.3 Å². The SMILES string of the molecule is CCCC(O)OP(O)(O)=S. The van der Waals surface area contributed by atoms with Gasteiger partial charge in [-0.2, -0.15) is 0 Å². The van der Waals surface area contributed by atoms with Gasteiger partial charge in [0.15, 0.2) is 6.29 Å². The molecule has 0 aromatic rings. The van der Waals surface area contributed by atoms with E-state index >= 15 is 0 Å². The van der Waals surface area contributed by atoms with Gasteiger partial charge in [-0.05, 0) is 18.2 Å². The predicted octanol–water partition coefficient (Wildman–Crippen LogP) is 0.331. The molecule has 0 heterocycles. The van der Waals surface area contributed by atoms with Gasteiger partial charge >= 0.3 is 6.72 Å². The van der Waals surface area contributed by atoms with Crippen molar-refractivity contribution in [3.05, 3.63) is 0 Å². The highest BCUT2D eigenvalue weighted by Crippen LogP contribution is 2.38. The Morgan fingerprint density at radius 3 is 2.40 bits per heavy atom. The second-order valence-corrected chi connectivity index (χ2v) is 4.46. The molecule has 0 aromatic carbocycles. The van der Waals surface area contributed by atoms with Gasteiger partial charge in [-0.15, -0.1) is 0 Å². The second kappa shape index (κ2) is 4.38. The zero-order chi connectivity index (χ0) is 8.20. The van der Waals surface area contributed by atoms with Crippen molar-refractivity contribution in [1.29, 1.82) is 0 Å². The number of rotatable bonds is 4. The van der Waals surface area contributed by atoms with E-state index < -0.39 is 13.0 Å². The summed E-state index contributed by atoms with van der Waals surface area (Å²) in [6.07, 6.45) is -0.0819. The smallest absolute Gasteiger partial charge is 0.324 e.